The van der Waals surface area contributed by atoms with E-state index < -0.39 is 17.3 Å². The first-order chi connectivity index (χ1) is 8.90. The number of nitriles is 1. The maximum atomic E-state index is 12.7. The molecule has 2 rings (SSSR count). The number of nitrogens with zero attached hydrogens (tertiary/aromatic N) is 2. The summed E-state index contributed by atoms with van der Waals surface area (Å²) in [6.45, 7) is 0. The van der Waals surface area contributed by atoms with Gasteiger partial charge in [0.15, 0.2) is 5.13 Å². The zero-order valence-electron chi connectivity index (χ0n) is 9.12. The Bertz CT molecular complexity index is 645. The lowest BCUT2D eigenvalue weighted by Gasteiger charge is -2.11. The molecule has 1 aromatic heterocycles. The van der Waals surface area contributed by atoms with Crippen molar-refractivity contribution in [3.8, 4) is 6.07 Å². The Kier molecular flexibility index (Phi) is 3.64. The van der Waals surface area contributed by atoms with Crippen LogP contribution in [0.4, 0.5) is 24.0 Å². The van der Waals surface area contributed by atoms with E-state index in [0.29, 0.717) is 5.13 Å². The number of aromatic nitrogens is 1. The summed E-state index contributed by atoms with van der Waals surface area (Å²) in [4.78, 5) is 3.87. The average molecular weight is 304 g/mol. The Labute approximate surface area is 115 Å². The summed E-state index contributed by atoms with van der Waals surface area (Å²) in [6.07, 6.45) is -4.58. The van der Waals surface area contributed by atoms with Crippen LogP contribution in [0, 0.1) is 11.3 Å². The Hall–Kier alpha value is -1.78. The van der Waals surface area contributed by atoms with Gasteiger partial charge in [-0.05, 0) is 18.2 Å². The summed E-state index contributed by atoms with van der Waals surface area (Å²) >= 11 is 6.78. The van der Waals surface area contributed by atoms with Crippen molar-refractivity contribution in [1.29, 1.82) is 5.26 Å². The molecule has 0 radical (unpaired) electrons. The third-order valence-corrected chi connectivity index (χ3v) is 3.25. The molecule has 0 aliphatic rings. The van der Waals surface area contributed by atoms with E-state index in [2.05, 4.69) is 10.3 Å². The minimum Gasteiger partial charge on any atom is -0.331 e. The Morgan fingerprint density at radius 3 is 2.63 bits per heavy atom. The zero-order chi connectivity index (χ0) is 14.0. The number of halogens is 4. The number of thiazole rings is 1. The summed E-state index contributed by atoms with van der Waals surface area (Å²) in [7, 11) is 0. The van der Waals surface area contributed by atoms with E-state index in [0.717, 1.165) is 12.1 Å². The van der Waals surface area contributed by atoms with Gasteiger partial charge in [-0.15, -0.1) is 11.3 Å². The molecule has 19 heavy (non-hydrogen) atoms. The van der Waals surface area contributed by atoms with Gasteiger partial charge >= 0.3 is 6.18 Å². The molecule has 1 heterocycles. The lowest BCUT2D eigenvalue weighted by molar-refractivity contribution is -0.137. The van der Waals surface area contributed by atoms with Crippen LogP contribution in [-0.2, 0) is 6.18 Å². The molecular weight excluding hydrogens is 299 g/mol. The van der Waals surface area contributed by atoms with Gasteiger partial charge in [0.25, 0.3) is 0 Å². The maximum Gasteiger partial charge on any atom is 0.417 e. The Morgan fingerprint density at radius 1 is 1.37 bits per heavy atom. The molecule has 0 fully saturated rings. The quantitative estimate of drug-likeness (QED) is 0.892. The fourth-order valence-corrected chi connectivity index (χ4v) is 2.25. The molecule has 1 N–H and O–H groups in total. The van der Waals surface area contributed by atoms with Crippen molar-refractivity contribution in [3.05, 3.63) is 39.9 Å². The van der Waals surface area contributed by atoms with Gasteiger partial charge in [0, 0.05) is 11.1 Å². The SMILES string of the molecule is N#Cc1ccc(Nc2nc(Cl)cs2)cc1C(F)(F)F. The highest BCUT2D eigenvalue weighted by molar-refractivity contribution is 7.14. The molecule has 2 aromatic rings. The minimum atomic E-state index is -4.58. The van der Waals surface area contributed by atoms with Crippen LogP contribution in [0.3, 0.4) is 0 Å². The normalized spacial score (nSPS) is 11.1. The fraction of sp³-hybridized carbons (Fsp3) is 0.0909. The van der Waals surface area contributed by atoms with Gasteiger partial charge in [-0.3, -0.25) is 0 Å². The first-order valence-electron chi connectivity index (χ1n) is 4.89. The van der Waals surface area contributed by atoms with Crippen LogP contribution in [0.1, 0.15) is 11.1 Å². The third kappa shape index (κ3) is 3.16. The molecule has 1 aromatic carbocycles. The van der Waals surface area contributed by atoms with Crippen LogP contribution < -0.4 is 5.32 Å². The number of anilines is 2. The van der Waals surface area contributed by atoms with Gasteiger partial charge in [0.2, 0.25) is 0 Å². The minimum absolute atomic E-state index is 0.192. The van der Waals surface area contributed by atoms with Gasteiger partial charge in [-0.1, -0.05) is 11.6 Å². The topological polar surface area (TPSA) is 48.7 Å². The lowest BCUT2D eigenvalue weighted by atomic mass is 10.1. The van der Waals surface area contributed by atoms with Gasteiger partial charge in [0.05, 0.1) is 17.2 Å². The van der Waals surface area contributed by atoms with Crippen molar-refractivity contribution in [1.82, 2.24) is 4.98 Å². The summed E-state index contributed by atoms with van der Waals surface area (Å²) in [5, 5.41) is 13.6. The highest BCUT2D eigenvalue weighted by Gasteiger charge is 2.33. The van der Waals surface area contributed by atoms with Crippen LogP contribution in [0.5, 0.6) is 0 Å². The van der Waals surface area contributed by atoms with E-state index in [9.17, 15) is 13.2 Å². The molecule has 0 bridgehead atoms. The summed E-state index contributed by atoms with van der Waals surface area (Å²) in [5.41, 5.74) is -1.21. The highest BCUT2D eigenvalue weighted by atomic mass is 35.5. The number of nitrogens with one attached hydrogen (secondary N) is 1. The van der Waals surface area contributed by atoms with Crippen LogP contribution in [0.25, 0.3) is 0 Å². The predicted octanol–water partition coefficient (Wildman–Crippen LogP) is 4.43. The van der Waals surface area contributed by atoms with Gasteiger partial charge in [0.1, 0.15) is 5.15 Å². The molecule has 0 spiro atoms. The monoisotopic (exact) mass is 303 g/mol. The second kappa shape index (κ2) is 5.07. The maximum absolute atomic E-state index is 12.7. The number of benzene rings is 1. The van der Waals surface area contributed by atoms with Gasteiger partial charge in [-0.25, -0.2) is 4.98 Å². The van der Waals surface area contributed by atoms with E-state index in [1.54, 1.807) is 5.38 Å². The summed E-state index contributed by atoms with van der Waals surface area (Å²) in [5.74, 6) is 0. The number of alkyl halides is 3. The molecule has 0 amide bonds. The molecule has 0 unspecified atom stereocenters. The molecule has 0 saturated heterocycles. The van der Waals surface area contributed by atoms with Crippen LogP contribution in [-0.4, -0.2) is 4.98 Å². The predicted molar refractivity (Wildman–Crippen MR) is 66.6 cm³/mol. The second-order valence-corrected chi connectivity index (χ2v) is 4.72. The fourth-order valence-electron chi connectivity index (χ4n) is 1.39. The molecule has 0 saturated carbocycles. The molecule has 98 valence electrons. The Morgan fingerprint density at radius 2 is 2.11 bits per heavy atom. The molecule has 0 aliphatic carbocycles. The van der Waals surface area contributed by atoms with Crippen LogP contribution in [0.15, 0.2) is 23.6 Å². The standard InChI is InChI=1S/C11H5ClF3N3S/c12-9-5-19-10(18-9)17-7-2-1-6(4-16)8(3-7)11(13,14)15/h1-3,5H,(H,17,18). The van der Waals surface area contributed by atoms with Crippen molar-refractivity contribution in [2.45, 2.75) is 6.18 Å². The average Bonchev–Trinajstić information content (AvgIpc) is 2.73. The summed E-state index contributed by atoms with van der Waals surface area (Å²) in [6, 6.07) is 4.87. The van der Waals surface area contributed by atoms with Crippen LogP contribution in [0.2, 0.25) is 5.15 Å². The van der Waals surface area contributed by atoms with Crippen LogP contribution >= 0.6 is 22.9 Å². The van der Waals surface area contributed by atoms with Crippen molar-refractivity contribution >= 4 is 33.8 Å². The molecule has 0 aliphatic heterocycles. The van der Waals surface area contributed by atoms with Crippen molar-refractivity contribution < 1.29 is 13.2 Å². The summed E-state index contributed by atoms with van der Waals surface area (Å²) < 4.78 is 38.2. The van der Waals surface area contributed by atoms with Crippen molar-refractivity contribution in [2.24, 2.45) is 0 Å². The highest BCUT2D eigenvalue weighted by Crippen LogP contribution is 2.34. The molecule has 0 atom stereocenters. The van der Waals surface area contributed by atoms with E-state index >= 15 is 0 Å². The zero-order valence-corrected chi connectivity index (χ0v) is 10.7. The number of hydrogen-bond donors (Lipinski definition) is 1. The van der Waals surface area contributed by atoms with E-state index in [-0.39, 0.29) is 10.8 Å². The van der Waals surface area contributed by atoms with E-state index in [1.807, 2.05) is 0 Å². The van der Waals surface area contributed by atoms with Crippen molar-refractivity contribution in [2.75, 3.05) is 5.32 Å². The number of hydrogen-bond acceptors (Lipinski definition) is 4. The molecule has 3 nitrogen and oxygen atoms in total. The van der Waals surface area contributed by atoms with Gasteiger partial charge in [-0.2, -0.15) is 18.4 Å². The first-order valence-corrected chi connectivity index (χ1v) is 6.15. The smallest absolute Gasteiger partial charge is 0.331 e. The van der Waals surface area contributed by atoms with E-state index in [4.69, 9.17) is 16.9 Å². The first kappa shape index (κ1) is 13.6. The van der Waals surface area contributed by atoms with Crippen molar-refractivity contribution in [3.63, 3.8) is 0 Å². The number of rotatable bonds is 2. The largest absolute Gasteiger partial charge is 0.417 e. The lowest BCUT2D eigenvalue weighted by Crippen LogP contribution is -2.08. The second-order valence-electron chi connectivity index (χ2n) is 3.47. The van der Waals surface area contributed by atoms with Gasteiger partial charge < -0.3 is 5.32 Å². The third-order valence-electron chi connectivity index (χ3n) is 2.17. The van der Waals surface area contributed by atoms with E-state index in [1.165, 1.54) is 23.5 Å². The molecule has 8 heteroatoms. The molecular formula is C11H5ClF3N3S. The Balaban J connectivity index is 2.36.